The van der Waals surface area contributed by atoms with Crippen LogP contribution in [0.3, 0.4) is 0 Å². The monoisotopic (exact) mass is 320 g/mol. The van der Waals surface area contributed by atoms with Crippen molar-refractivity contribution in [3.8, 4) is 0 Å². The average Bonchev–Trinajstić information content (AvgIpc) is 2.84. The van der Waals surface area contributed by atoms with Crippen molar-refractivity contribution >= 4 is 44.6 Å². The Balaban J connectivity index is 1.78. The molecule has 0 fully saturated rings. The lowest BCUT2D eigenvalue weighted by atomic mass is 10.2. The number of fused-ring (bicyclic) bond motifs is 1. The van der Waals surface area contributed by atoms with Crippen molar-refractivity contribution in [2.75, 3.05) is 5.43 Å². The molecule has 0 spiro atoms. The van der Waals surface area contributed by atoms with E-state index < -0.39 is 0 Å². The van der Waals surface area contributed by atoms with E-state index in [2.05, 4.69) is 10.9 Å². The SMILES string of the molecule is O=C(NNc1ccc(F)cc1)c1sc2ccccc2c1Cl. The van der Waals surface area contributed by atoms with Gasteiger partial charge >= 0.3 is 0 Å². The zero-order valence-corrected chi connectivity index (χ0v) is 12.3. The quantitative estimate of drug-likeness (QED) is 0.700. The highest BCUT2D eigenvalue weighted by atomic mass is 35.5. The summed E-state index contributed by atoms with van der Waals surface area (Å²) in [5.41, 5.74) is 5.86. The first-order valence-electron chi connectivity index (χ1n) is 6.14. The Morgan fingerprint density at radius 2 is 1.81 bits per heavy atom. The van der Waals surface area contributed by atoms with Gasteiger partial charge in [0.15, 0.2) is 0 Å². The third-order valence-corrected chi connectivity index (χ3v) is 4.58. The molecule has 3 nitrogen and oxygen atoms in total. The summed E-state index contributed by atoms with van der Waals surface area (Å²) in [7, 11) is 0. The van der Waals surface area contributed by atoms with Crippen LogP contribution in [0.4, 0.5) is 10.1 Å². The Morgan fingerprint density at radius 3 is 2.52 bits per heavy atom. The van der Waals surface area contributed by atoms with Crippen molar-refractivity contribution in [2.45, 2.75) is 0 Å². The first kappa shape index (κ1) is 13.9. The first-order valence-corrected chi connectivity index (χ1v) is 7.33. The number of hydrazine groups is 1. The molecule has 3 aromatic rings. The van der Waals surface area contributed by atoms with Gasteiger partial charge in [-0.1, -0.05) is 29.8 Å². The van der Waals surface area contributed by atoms with Crippen molar-refractivity contribution in [1.82, 2.24) is 5.43 Å². The van der Waals surface area contributed by atoms with Crippen molar-refractivity contribution < 1.29 is 9.18 Å². The molecule has 0 aliphatic carbocycles. The molecular formula is C15H10ClFN2OS. The first-order chi connectivity index (χ1) is 10.1. The average molecular weight is 321 g/mol. The van der Waals surface area contributed by atoms with Crippen LogP contribution in [0.1, 0.15) is 9.67 Å². The third kappa shape index (κ3) is 2.84. The third-order valence-electron chi connectivity index (χ3n) is 2.91. The molecule has 0 saturated heterocycles. The van der Waals surface area contributed by atoms with Gasteiger partial charge in [-0.05, 0) is 30.3 Å². The molecule has 2 aromatic carbocycles. The molecule has 1 heterocycles. The molecule has 3 rings (SSSR count). The number of hydrogen-bond acceptors (Lipinski definition) is 3. The second-order valence-corrected chi connectivity index (χ2v) is 5.76. The summed E-state index contributed by atoms with van der Waals surface area (Å²) in [5, 5.41) is 1.30. The number of rotatable bonds is 3. The Bertz CT molecular complexity index is 801. The van der Waals surface area contributed by atoms with Gasteiger partial charge in [0.05, 0.1) is 10.7 Å². The number of anilines is 1. The lowest BCUT2D eigenvalue weighted by Gasteiger charge is -2.07. The lowest BCUT2D eigenvalue weighted by molar-refractivity contribution is 0.0967. The minimum absolute atomic E-state index is 0.328. The van der Waals surface area contributed by atoms with Crippen molar-refractivity contribution in [3.05, 3.63) is 64.2 Å². The molecule has 0 aliphatic heterocycles. The summed E-state index contributed by atoms with van der Waals surface area (Å²) in [6.07, 6.45) is 0. The molecule has 0 unspecified atom stereocenters. The van der Waals surface area contributed by atoms with E-state index in [0.717, 1.165) is 10.1 Å². The molecule has 0 atom stereocenters. The highest BCUT2D eigenvalue weighted by molar-refractivity contribution is 7.21. The maximum absolute atomic E-state index is 12.8. The van der Waals surface area contributed by atoms with Gasteiger partial charge in [-0.25, -0.2) is 4.39 Å². The number of amides is 1. The number of thiophene rings is 1. The summed E-state index contributed by atoms with van der Waals surface area (Å²) in [6.45, 7) is 0. The Morgan fingerprint density at radius 1 is 1.10 bits per heavy atom. The number of halogens is 2. The number of carbonyl (C=O) groups excluding carboxylic acids is 1. The molecule has 0 radical (unpaired) electrons. The number of nitrogens with one attached hydrogen (secondary N) is 2. The highest BCUT2D eigenvalue weighted by Gasteiger charge is 2.16. The van der Waals surface area contributed by atoms with Crippen LogP contribution in [-0.4, -0.2) is 5.91 Å². The fourth-order valence-electron chi connectivity index (χ4n) is 1.88. The molecular weight excluding hydrogens is 311 g/mol. The van der Waals surface area contributed by atoms with Crippen LogP contribution in [0.2, 0.25) is 5.02 Å². The van der Waals surface area contributed by atoms with Gasteiger partial charge in [-0.3, -0.25) is 15.6 Å². The van der Waals surface area contributed by atoms with Gasteiger partial charge in [0.1, 0.15) is 10.7 Å². The number of hydrogen-bond donors (Lipinski definition) is 2. The van der Waals surface area contributed by atoms with Crippen molar-refractivity contribution in [2.24, 2.45) is 0 Å². The summed E-state index contributed by atoms with van der Waals surface area (Å²) < 4.78 is 13.7. The van der Waals surface area contributed by atoms with Crippen LogP contribution in [0.25, 0.3) is 10.1 Å². The van der Waals surface area contributed by atoms with E-state index in [-0.39, 0.29) is 11.7 Å². The molecule has 21 heavy (non-hydrogen) atoms. The zero-order chi connectivity index (χ0) is 14.8. The van der Waals surface area contributed by atoms with E-state index in [4.69, 9.17) is 11.6 Å². The van der Waals surface area contributed by atoms with E-state index in [1.165, 1.54) is 35.6 Å². The Labute approximate surface area is 129 Å². The minimum atomic E-state index is -0.334. The van der Waals surface area contributed by atoms with Crippen LogP contribution < -0.4 is 10.9 Å². The molecule has 2 N–H and O–H groups in total. The van der Waals surface area contributed by atoms with Gasteiger partial charge in [-0.2, -0.15) is 0 Å². The number of benzene rings is 2. The van der Waals surface area contributed by atoms with E-state index in [9.17, 15) is 9.18 Å². The minimum Gasteiger partial charge on any atom is -0.298 e. The summed E-state index contributed by atoms with van der Waals surface area (Å²) in [4.78, 5) is 12.6. The van der Waals surface area contributed by atoms with Crippen LogP contribution in [0.5, 0.6) is 0 Å². The van der Waals surface area contributed by atoms with Crippen LogP contribution in [0.15, 0.2) is 48.5 Å². The molecule has 0 saturated carbocycles. The van der Waals surface area contributed by atoms with Crippen LogP contribution >= 0.6 is 22.9 Å². The fourth-order valence-corrected chi connectivity index (χ4v) is 3.29. The summed E-state index contributed by atoms with van der Waals surface area (Å²) in [5.74, 6) is -0.662. The topological polar surface area (TPSA) is 41.1 Å². The maximum atomic E-state index is 12.8. The van der Waals surface area contributed by atoms with E-state index >= 15 is 0 Å². The van der Waals surface area contributed by atoms with Crippen LogP contribution in [-0.2, 0) is 0 Å². The smallest absolute Gasteiger partial charge is 0.281 e. The molecule has 1 aromatic heterocycles. The molecule has 0 aliphatic rings. The van der Waals surface area contributed by atoms with Gasteiger partial charge in [-0.15, -0.1) is 11.3 Å². The second-order valence-electron chi connectivity index (χ2n) is 4.33. The highest BCUT2D eigenvalue weighted by Crippen LogP contribution is 2.34. The predicted molar refractivity (Wildman–Crippen MR) is 84.3 cm³/mol. The van der Waals surface area contributed by atoms with E-state index in [1.807, 2.05) is 24.3 Å². The number of carbonyl (C=O) groups is 1. The fraction of sp³-hybridized carbons (Fsp3) is 0. The van der Waals surface area contributed by atoms with Gasteiger partial charge < -0.3 is 0 Å². The van der Waals surface area contributed by atoms with Crippen molar-refractivity contribution in [3.63, 3.8) is 0 Å². The van der Waals surface area contributed by atoms with Gasteiger partial charge in [0.2, 0.25) is 0 Å². The van der Waals surface area contributed by atoms with Crippen LogP contribution in [0, 0.1) is 5.82 Å². The molecule has 6 heteroatoms. The van der Waals surface area contributed by atoms with Gasteiger partial charge in [0, 0.05) is 10.1 Å². The summed E-state index contributed by atoms with van der Waals surface area (Å²) in [6, 6.07) is 13.2. The predicted octanol–water partition coefficient (Wildman–Crippen LogP) is 4.45. The lowest BCUT2D eigenvalue weighted by Crippen LogP contribution is -2.28. The largest absolute Gasteiger partial charge is 0.298 e. The molecule has 106 valence electrons. The van der Waals surface area contributed by atoms with E-state index in [1.54, 1.807) is 0 Å². The Hall–Kier alpha value is -2.11. The summed E-state index contributed by atoms with van der Waals surface area (Å²) >= 11 is 7.55. The van der Waals surface area contributed by atoms with Crippen molar-refractivity contribution in [1.29, 1.82) is 0 Å². The second kappa shape index (κ2) is 5.71. The zero-order valence-electron chi connectivity index (χ0n) is 10.7. The molecule has 0 bridgehead atoms. The maximum Gasteiger partial charge on any atom is 0.281 e. The molecule has 1 amide bonds. The Kier molecular flexibility index (Phi) is 3.77. The standard InChI is InChI=1S/C15H10ClFN2OS/c16-13-11-3-1-2-4-12(11)21-14(13)15(20)19-18-10-7-5-9(17)6-8-10/h1-8,18H,(H,19,20). The van der Waals surface area contributed by atoms with Gasteiger partial charge in [0.25, 0.3) is 5.91 Å². The van der Waals surface area contributed by atoms with E-state index in [0.29, 0.717) is 15.6 Å². The normalized spacial score (nSPS) is 10.6.